The molecule has 0 aromatic rings. The Morgan fingerprint density at radius 2 is 0.456 bits per heavy atom. The standard InChI is InChI=1S/C62H105NO51/c1-12(71)63-23-33(81)47(19(8-70)99-53(23)95)109-60-46(94)50(32(80)22(107-60)11-98-56-44(92)49(111-58-43(91)37(85)27(75)16(5-67)103-58)31(79)21(106-56)10-97-55-41(89)35(83)25(73)14(3-65)101-55)112-62-52(39(87)29(77)20(108-62)9-96-54-40(88)34(82)24(72)13(2-64)100-54)114-61-51(38(86)28(76)17(6-68)105-61)113-59-45(93)48(30(78)18(7-69)104-59)110-57-42(90)36(84)26(74)15(4-66)102-57/h13-62,64-70,72-95H,2-11H2,1H3,(H,63,71)/t13-,14-,15-,16-,17-,18-,19-,20-,21-,22-,23-,24-,25-,26-,27-,28-,29-,30-,31-,32-,33-,34+,35+,36+,37+,38+,39+,40+,41+,42+,43+,44+,45+,46+,47-,48+,49+,50+,51+,52+,53?,54+,55+,56+,57-,58-,59-,60+,61-,62-/m1/s1. The highest BCUT2D eigenvalue weighted by Gasteiger charge is 2.61. The third-order valence-electron chi connectivity index (χ3n) is 21.2. The van der Waals surface area contributed by atoms with E-state index in [1.807, 2.05) is 0 Å². The fourth-order valence-corrected chi connectivity index (χ4v) is 14.5. The Bertz CT molecular complexity index is 2910. The van der Waals surface area contributed by atoms with Gasteiger partial charge in [-0.25, -0.2) is 0 Å². The van der Waals surface area contributed by atoms with Crippen molar-refractivity contribution in [2.24, 2.45) is 0 Å². The number of hydrogen-bond donors (Lipinski definition) is 32. The van der Waals surface area contributed by atoms with E-state index in [2.05, 4.69) is 5.32 Å². The maximum absolute atomic E-state index is 12.7. The van der Waals surface area contributed by atoms with Gasteiger partial charge < -0.3 is 254 Å². The molecule has 10 aliphatic rings. The van der Waals surface area contributed by atoms with Crippen molar-refractivity contribution >= 4 is 5.91 Å². The first-order valence-electron chi connectivity index (χ1n) is 36.2. The van der Waals surface area contributed by atoms with E-state index in [0.29, 0.717) is 0 Å². The van der Waals surface area contributed by atoms with Crippen molar-refractivity contribution in [3.63, 3.8) is 0 Å². The number of aliphatic hydroxyl groups excluding tert-OH is 31. The molecule has 114 heavy (non-hydrogen) atoms. The number of carbonyl (C=O) groups is 1. The molecule has 0 aliphatic carbocycles. The second-order valence-corrected chi connectivity index (χ2v) is 28.8. The van der Waals surface area contributed by atoms with Crippen LogP contribution < -0.4 is 5.32 Å². The summed E-state index contributed by atoms with van der Waals surface area (Å²) in [7, 11) is 0. The van der Waals surface area contributed by atoms with Crippen molar-refractivity contribution in [1.82, 2.24) is 5.32 Å². The molecule has 10 rings (SSSR count). The van der Waals surface area contributed by atoms with Crippen LogP contribution in [0.15, 0.2) is 0 Å². The summed E-state index contributed by atoms with van der Waals surface area (Å²) in [5, 5.41) is 344. The molecule has 52 nitrogen and oxygen atoms in total. The maximum Gasteiger partial charge on any atom is 0.217 e. The molecule has 10 aliphatic heterocycles. The zero-order valence-electron chi connectivity index (χ0n) is 60.0. The number of carbonyl (C=O) groups excluding carboxylic acids is 1. The summed E-state index contributed by atoms with van der Waals surface area (Å²) in [6.45, 7) is -9.96. The molecule has 0 radical (unpaired) electrons. The van der Waals surface area contributed by atoms with Crippen LogP contribution in [0.3, 0.4) is 0 Å². The molecule has 1 unspecified atom stereocenters. The Morgan fingerprint density at radius 3 is 0.825 bits per heavy atom. The lowest BCUT2D eigenvalue weighted by Crippen LogP contribution is -2.69. The predicted molar refractivity (Wildman–Crippen MR) is 341 cm³/mol. The third kappa shape index (κ3) is 19.9. The smallest absolute Gasteiger partial charge is 0.217 e. The van der Waals surface area contributed by atoms with Gasteiger partial charge in [-0.1, -0.05) is 0 Å². The lowest BCUT2D eigenvalue weighted by molar-refractivity contribution is -0.412. The van der Waals surface area contributed by atoms with Gasteiger partial charge in [0.05, 0.1) is 66.1 Å². The topological polar surface area (TPSA) is 832 Å². The first kappa shape index (κ1) is 93.7. The predicted octanol–water partition coefficient (Wildman–Crippen LogP) is -22.7. The summed E-state index contributed by atoms with van der Waals surface area (Å²) < 4.78 is 110. The van der Waals surface area contributed by atoms with Gasteiger partial charge in [-0.15, -0.1) is 0 Å². The summed E-state index contributed by atoms with van der Waals surface area (Å²) in [6.07, 6.45) is -106. The van der Waals surface area contributed by atoms with E-state index in [4.69, 9.17) is 90.0 Å². The Balaban J connectivity index is 1.000. The van der Waals surface area contributed by atoms with Crippen molar-refractivity contribution < 1.29 is 253 Å². The van der Waals surface area contributed by atoms with Gasteiger partial charge in [-0.3, -0.25) is 4.79 Å². The Kier molecular flexibility index (Phi) is 33.4. The molecule has 0 aromatic carbocycles. The van der Waals surface area contributed by atoms with Crippen molar-refractivity contribution in [2.75, 3.05) is 66.1 Å². The number of amides is 1. The molecule has 32 N–H and O–H groups in total. The molecule has 52 heteroatoms. The van der Waals surface area contributed by atoms with E-state index in [1.165, 1.54) is 0 Å². The number of nitrogens with one attached hydrogen (secondary N) is 1. The van der Waals surface area contributed by atoms with E-state index in [9.17, 15) is 163 Å². The SMILES string of the molecule is CC(=O)N[C@H]1C(O)O[C@H](CO)[C@@H](O[C@@H]2O[C@H](CO[C@H]3O[C@H](CO[C@H]4O[C@H](CO)[C@@H](O)[C@H](O)[C@@H]4O)[C@@H](O)[C@H](O[C@H]4O[C@H](CO)[C@@H](O)[C@H](O)[C@@H]4O)[C@@H]3O)[C@@H](O)[C@H](O[C@H]3O[C@H](CO[C@H]4O[C@H](CO)[C@@H](O)[C@H](O)[C@@H]4O)[C@@H](O)[C@H](O)[C@@H]3O[C@H]3O[C@H](CO)[C@@H](O)[C@H](O)[C@@H]3O[C@H]3O[C@H](CO)[C@@H](O)[C@H](O[C@H]4O[C@H](CO)[C@@H](O)[C@H](O)[C@@H]4O)[C@@H]3O)[C@@H]2O)[C@@H]1O. The molecule has 10 fully saturated rings. The van der Waals surface area contributed by atoms with Crippen LogP contribution in [-0.4, -0.2) is 537 Å². The van der Waals surface area contributed by atoms with Crippen LogP contribution in [-0.2, 0) is 94.8 Å². The molecule has 0 aromatic heterocycles. The third-order valence-corrected chi connectivity index (χ3v) is 21.2. The van der Waals surface area contributed by atoms with Crippen molar-refractivity contribution in [1.29, 1.82) is 0 Å². The monoisotopic (exact) mass is 1680 g/mol. The molecule has 664 valence electrons. The number of aliphatic hydroxyl groups is 31. The minimum Gasteiger partial charge on any atom is -0.394 e. The molecule has 10 saturated heterocycles. The molecule has 1 amide bonds. The largest absolute Gasteiger partial charge is 0.394 e. The van der Waals surface area contributed by atoms with Gasteiger partial charge in [0.25, 0.3) is 0 Å². The average Bonchev–Trinajstić information content (AvgIpc) is 0.769. The number of rotatable bonds is 29. The lowest BCUT2D eigenvalue weighted by atomic mass is 9.94. The van der Waals surface area contributed by atoms with Gasteiger partial charge >= 0.3 is 0 Å². The zero-order valence-corrected chi connectivity index (χ0v) is 60.0. The van der Waals surface area contributed by atoms with E-state index < -0.39 is 379 Å². The molecular weight excluding hydrogens is 1570 g/mol. The van der Waals surface area contributed by atoms with Gasteiger partial charge in [-0.2, -0.15) is 0 Å². The summed E-state index contributed by atoms with van der Waals surface area (Å²) in [5.41, 5.74) is 0. The van der Waals surface area contributed by atoms with Crippen LogP contribution in [0.2, 0.25) is 0 Å². The summed E-state index contributed by atoms with van der Waals surface area (Å²) >= 11 is 0. The first-order valence-corrected chi connectivity index (χ1v) is 36.2. The van der Waals surface area contributed by atoms with Gasteiger partial charge in [0.1, 0.15) is 244 Å². The molecular formula is C62H105NO51. The second kappa shape index (κ2) is 40.6. The Hall–Kier alpha value is -2.53. The fourth-order valence-electron chi connectivity index (χ4n) is 14.5. The number of hydrogen-bond acceptors (Lipinski definition) is 51. The minimum atomic E-state index is -2.63. The van der Waals surface area contributed by atoms with E-state index in [1.54, 1.807) is 0 Å². The quantitative estimate of drug-likeness (QED) is 0.0331. The van der Waals surface area contributed by atoms with Crippen LogP contribution >= 0.6 is 0 Å². The maximum atomic E-state index is 12.7. The van der Waals surface area contributed by atoms with Gasteiger partial charge in [0.2, 0.25) is 5.91 Å². The number of ether oxygens (including phenoxy) is 19. The Labute approximate surface area is 642 Å². The molecule has 50 atom stereocenters. The van der Waals surface area contributed by atoms with Crippen molar-refractivity contribution in [2.45, 2.75) is 314 Å². The molecule has 0 spiro atoms. The first-order chi connectivity index (χ1) is 54.0. The van der Waals surface area contributed by atoms with Crippen molar-refractivity contribution in [3.05, 3.63) is 0 Å². The van der Waals surface area contributed by atoms with Gasteiger partial charge in [0, 0.05) is 6.92 Å². The van der Waals surface area contributed by atoms with Crippen molar-refractivity contribution in [3.8, 4) is 0 Å². The van der Waals surface area contributed by atoms with Gasteiger partial charge in [0.15, 0.2) is 62.9 Å². The summed E-state index contributed by atoms with van der Waals surface area (Å²) in [4.78, 5) is 12.4. The fraction of sp³-hybridized carbons (Fsp3) is 0.984. The van der Waals surface area contributed by atoms with Gasteiger partial charge in [-0.05, 0) is 0 Å². The van der Waals surface area contributed by atoms with E-state index in [-0.39, 0.29) is 0 Å². The second-order valence-electron chi connectivity index (χ2n) is 28.8. The minimum absolute atomic E-state index is 0.889. The van der Waals surface area contributed by atoms with Crippen LogP contribution in [0, 0.1) is 0 Å². The lowest BCUT2D eigenvalue weighted by Gasteiger charge is -2.51. The highest BCUT2D eigenvalue weighted by Crippen LogP contribution is 2.40. The van der Waals surface area contributed by atoms with Crippen LogP contribution in [0.25, 0.3) is 0 Å². The Morgan fingerprint density at radius 1 is 0.228 bits per heavy atom. The normalized spacial score (nSPS) is 52.6. The van der Waals surface area contributed by atoms with E-state index in [0.717, 1.165) is 6.92 Å². The van der Waals surface area contributed by atoms with Crippen LogP contribution in [0.4, 0.5) is 0 Å². The highest BCUT2D eigenvalue weighted by molar-refractivity contribution is 5.73. The molecule has 0 bridgehead atoms. The van der Waals surface area contributed by atoms with Crippen LogP contribution in [0.1, 0.15) is 6.92 Å². The van der Waals surface area contributed by atoms with E-state index >= 15 is 0 Å². The van der Waals surface area contributed by atoms with Crippen LogP contribution in [0.5, 0.6) is 0 Å². The summed E-state index contributed by atoms with van der Waals surface area (Å²) in [5.74, 6) is -0.889. The summed E-state index contributed by atoms with van der Waals surface area (Å²) in [6, 6.07) is -1.82. The highest BCUT2D eigenvalue weighted by atomic mass is 16.8. The molecule has 10 heterocycles. The zero-order chi connectivity index (χ0) is 83.7. The molecule has 0 saturated carbocycles. The average molecular weight is 1680 g/mol.